The number of halogens is 1. The molecule has 0 aromatic carbocycles. The fourth-order valence-corrected chi connectivity index (χ4v) is 3.62. The highest BCUT2D eigenvalue weighted by Crippen LogP contribution is 2.47. The first-order chi connectivity index (χ1) is 9.56. The van der Waals surface area contributed by atoms with Crippen molar-refractivity contribution < 1.29 is 14.0 Å². The number of hydrogen-bond acceptors (Lipinski definition) is 4. The number of carbonyl (C=O) groups excluding carboxylic acids is 2. The van der Waals surface area contributed by atoms with Gasteiger partial charge in [-0.2, -0.15) is 0 Å². The highest BCUT2D eigenvalue weighted by atomic mass is 35.5. The summed E-state index contributed by atoms with van der Waals surface area (Å²) in [4.78, 5) is 23.2. The Morgan fingerprint density at radius 2 is 2.00 bits per heavy atom. The number of rotatable bonds is 4. The van der Waals surface area contributed by atoms with E-state index in [1.54, 1.807) is 6.07 Å². The van der Waals surface area contributed by atoms with E-state index in [2.05, 4.69) is 5.32 Å². The van der Waals surface area contributed by atoms with Gasteiger partial charge in [0.1, 0.15) is 5.76 Å². The van der Waals surface area contributed by atoms with Gasteiger partial charge in [-0.1, -0.05) is 0 Å². The van der Waals surface area contributed by atoms with Crippen molar-refractivity contribution in [3.05, 3.63) is 23.7 Å². The fourth-order valence-electron chi connectivity index (χ4n) is 3.62. The molecule has 116 valence electrons. The van der Waals surface area contributed by atoms with Crippen LogP contribution in [0.3, 0.4) is 0 Å². The third-order valence-corrected chi connectivity index (χ3v) is 4.62. The third-order valence-electron chi connectivity index (χ3n) is 4.62. The Kier molecular flexibility index (Phi) is 4.58. The molecule has 2 saturated carbocycles. The molecule has 2 fully saturated rings. The van der Waals surface area contributed by atoms with E-state index in [9.17, 15) is 9.59 Å². The minimum atomic E-state index is -0.613. The van der Waals surface area contributed by atoms with Crippen LogP contribution in [-0.4, -0.2) is 17.9 Å². The number of hydrogen-bond donors (Lipinski definition) is 3. The summed E-state index contributed by atoms with van der Waals surface area (Å²) in [5.41, 5.74) is 11.2. The molecule has 1 aromatic rings. The molecule has 5 N–H and O–H groups in total. The van der Waals surface area contributed by atoms with E-state index in [-0.39, 0.29) is 42.6 Å². The second-order valence-electron chi connectivity index (χ2n) is 5.78. The normalized spacial score (nSPS) is 30.0. The van der Waals surface area contributed by atoms with Gasteiger partial charge in [-0.25, -0.2) is 0 Å². The number of fused-ring (bicyclic) bond motifs is 2. The van der Waals surface area contributed by atoms with Gasteiger partial charge in [-0.3, -0.25) is 9.59 Å². The first-order valence-corrected chi connectivity index (χ1v) is 6.98. The molecule has 0 saturated heterocycles. The van der Waals surface area contributed by atoms with Crippen LogP contribution in [0.15, 0.2) is 16.5 Å². The molecule has 0 radical (unpaired) electrons. The fraction of sp³-hybridized carbons (Fsp3) is 0.571. The van der Waals surface area contributed by atoms with Crippen LogP contribution in [0.25, 0.3) is 0 Å². The molecule has 4 unspecified atom stereocenters. The van der Waals surface area contributed by atoms with Crippen LogP contribution >= 0.6 is 12.4 Å². The lowest BCUT2D eigenvalue weighted by atomic mass is 9.84. The molecule has 2 amide bonds. The van der Waals surface area contributed by atoms with Crippen molar-refractivity contribution in [2.24, 2.45) is 29.2 Å². The summed E-state index contributed by atoms with van der Waals surface area (Å²) < 4.78 is 5.23. The lowest BCUT2D eigenvalue weighted by molar-refractivity contribution is -0.127. The maximum atomic E-state index is 12.2. The summed E-state index contributed by atoms with van der Waals surface area (Å²) >= 11 is 0. The summed E-state index contributed by atoms with van der Waals surface area (Å²) in [7, 11) is 0. The first-order valence-electron chi connectivity index (χ1n) is 6.98. The first kappa shape index (κ1) is 15.9. The zero-order valence-electron chi connectivity index (χ0n) is 11.6. The summed E-state index contributed by atoms with van der Waals surface area (Å²) in [5.74, 6) is 0.835. The summed E-state index contributed by atoms with van der Waals surface area (Å²) in [6, 6.07) is 3.13. The molecule has 0 aliphatic heterocycles. The average Bonchev–Trinajstić information content (AvgIpc) is 3.11. The van der Waals surface area contributed by atoms with Crippen molar-refractivity contribution in [2.75, 3.05) is 0 Å². The molecule has 2 bridgehead atoms. The molecule has 0 spiro atoms. The van der Waals surface area contributed by atoms with Gasteiger partial charge in [-0.05, 0) is 43.2 Å². The van der Waals surface area contributed by atoms with Crippen molar-refractivity contribution in [3.8, 4) is 0 Å². The number of nitrogens with two attached hydrogens (primary N) is 2. The van der Waals surface area contributed by atoms with Crippen molar-refractivity contribution >= 4 is 24.2 Å². The Morgan fingerprint density at radius 1 is 1.29 bits per heavy atom. The van der Waals surface area contributed by atoms with E-state index in [1.165, 1.54) is 6.07 Å². The number of carbonyl (C=O) groups is 2. The summed E-state index contributed by atoms with van der Waals surface area (Å²) in [6.07, 6.45) is 3.32. The standard InChI is InChI=1S/C14H19N3O3.ClH/c15-12-8-2-1-7(5-8)11(12)14(19)17-6-9-3-4-10(20-9)13(16)18;/h3-4,7-8,11-12H,1-2,5-6,15H2,(H2,16,18)(H,17,19);1H. The molecule has 1 aromatic heterocycles. The van der Waals surface area contributed by atoms with E-state index in [0.29, 0.717) is 17.6 Å². The van der Waals surface area contributed by atoms with Gasteiger partial charge >= 0.3 is 0 Å². The maximum absolute atomic E-state index is 12.2. The Balaban J connectivity index is 0.00000161. The Morgan fingerprint density at radius 3 is 2.57 bits per heavy atom. The van der Waals surface area contributed by atoms with Gasteiger partial charge < -0.3 is 21.2 Å². The molecule has 6 nitrogen and oxygen atoms in total. The molecule has 2 aliphatic carbocycles. The number of nitrogens with one attached hydrogen (secondary N) is 1. The van der Waals surface area contributed by atoms with Crippen LogP contribution in [0.4, 0.5) is 0 Å². The van der Waals surface area contributed by atoms with E-state index in [0.717, 1.165) is 19.3 Å². The van der Waals surface area contributed by atoms with Gasteiger partial charge in [-0.15, -0.1) is 12.4 Å². The van der Waals surface area contributed by atoms with Gasteiger partial charge in [0.05, 0.1) is 12.5 Å². The quantitative estimate of drug-likeness (QED) is 0.763. The van der Waals surface area contributed by atoms with E-state index in [1.807, 2.05) is 0 Å². The molecular formula is C14H20ClN3O3. The molecule has 2 aliphatic rings. The summed E-state index contributed by atoms with van der Waals surface area (Å²) in [6.45, 7) is 0.257. The number of amides is 2. The predicted molar refractivity (Wildman–Crippen MR) is 78.6 cm³/mol. The van der Waals surface area contributed by atoms with Crippen LogP contribution < -0.4 is 16.8 Å². The average molecular weight is 314 g/mol. The van der Waals surface area contributed by atoms with Gasteiger partial charge in [0, 0.05) is 6.04 Å². The highest BCUT2D eigenvalue weighted by molar-refractivity contribution is 5.89. The largest absolute Gasteiger partial charge is 0.454 e. The van der Waals surface area contributed by atoms with Crippen LogP contribution in [0.2, 0.25) is 0 Å². The maximum Gasteiger partial charge on any atom is 0.284 e. The second kappa shape index (κ2) is 6.07. The van der Waals surface area contributed by atoms with Crippen molar-refractivity contribution in [2.45, 2.75) is 31.8 Å². The molecule has 4 atom stereocenters. The Hall–Kier alpha value is -1.53. The Labute approximate surface area is 129 Å². The number of primary amides is 1. The van der Waals surface area contributed by atoms with Crippen molar-refractivity contribution in [3.63, 3.8) is 0 Å². The molecule has 21 heavy (non-hydrogen) atoms. The minimum absolute atomic E-state index is 0. The molecule has 1 heterocycles. The summed E-state index contributed by atoms with van der Waals surface area (Å²) in [5, 5.41) is 2.84. The van der Waals surface area contributed by atoms with Crippen LogP contribution in [0.5, 0.6) is 0 Å². The molecule has 7 heteroatoms. The lowest BCUT2D eigenvalue weighted by Gasteiger charge is -2.26. The molecular weight excluding hydrogens is 294 g/mol. The van der Waals surface area contributed by atoms with Crippen LogP contribution in [-0.2, 0) is 11.3 Å². The smallest absolute Gasteiger partial charge is 0.284 e. The van der Waals surface area contributed by atoms with Gasteiger partial charge in [0.2, 0.25) is 5.91 Å². The second-order valence-corrected chi connectivity index (χ2v) is 5.78. The van der Waals surface area contributed by atoms with E-state index in [4.69, 9.17) is 15.9 Å². The monoisotopic (exact) mass is 313 g/mol. The van der Waals surface area contributed by atoms with Crippen molar-refractivity contribution in [1.29, 1.82) is 0 Å². The zero-order chi connectivity index (χ0) is 14.3. The third kappa shape index (κ3) is 2.91. The van der Waals surface area contributed by atoms with Crippen molar-refractivity contribution in [1.82, 2.24) is 5.32 Å². The predicted octanol–water partition coefficient (Wildman–Crippen LogP) is 0.790. The highest BCUT2D eigenvalue weighted by Gasteiger charge is 2.48. The SMILES string of the molecule is Cl.NC(=O)c1ccc(CNC(=O)C2C3CCC(C3)C2N)o1. The zero-order valence-corrected chi connectivity index (χ0v) is 12.4. The van der Waals surface area contributed by atoms with Crippen LogP contribution in [0.1, 0.15) is 35.6 Å². The Bertz CT molecular complexity index is 543. The van der Waals surface area contributed by atoms with Gasteiger partial charge in [0.15, 0.2) is 5.76 Å². The molecule has 3 rings (SSSR count). The number of furan rings is 1. The van der Waals surface area contributed by atoms with Gasteiger partial charge in [0.25, 0.3) is 5.91 Å². The van der Waals surface area contributed by atoms with E-state index < -0.39 is 5.91 Å². The lowest BCUT2D eigenvalue weighted by Crippen LogP contribution is -2.45. The van der Waals surface area contributed by atoms with Crippen LogP contribution in [0, 0.1) is 17.8 Å². The van der Waals surface area contributed by atoms with E-state index >= 15 is 0 Å². The topological polar surface area (TPSA) is 111 Å². The minimum Gasteiger partial charge on any atom is -0.454 e.